The summed E-state index contributed by atoms with van der Waals surface area (Å²) < 4.78 is 18.1. The maximum Gasteiger partial charge on any atom is 0.340 e. The summed E-state index contributed by atoms with van der Waals surface area (Å²) in [4.78, 5) is 25.0. The summed E-state index contributed by atoms with van der Waals surface area (Å²) in [6, 6.07) is 13.1. The molecule has 1 unspecified atom stereocenters. The van der Waals surface area contributed by atoms with E-state index in [1.807, 2.05) is 49.4 Å². The molecule has 1 N–H and O–H groups in total. The van der Waals surface area contributed by atoms with Gasteiger partial charge in [-0.05, 0) is 30.2 Å². The first kappa shape index (κ1) is 20.8. The van der Waals surface area contributed by atoms with Gasteiger partial charge in [0.2, 0.25) is 5.91 Å². The highest BCUT2D eigenvalue weighted by Gasteiger charge is 2.20. The molecule has 1 aliphatic heterocycles. The summed E-state index contributed by atoms with van der Waals surface area (Å²) in [6.07, 6.45) is 3.24. The van der Waals surface area contributed by atoms with Crippen molar-refractivity contribution in [2.24, 2.45) is 0 Å². The van der Waals surface area contributed by atoms with Crippen LogP contribution in [0.1, 0.15) is 41.7 Å². The van der Waals surface area contributed by atoms with Gasteiger partial charge in [-0.3, -0.25) is 4.79 Å². The molecule has 0 spiro atoms. The number of amides is 1. The molecule has 1 atom stereocenters. The van der Waals surface area contributed by atoms with Gasteiger partial charge < -0.3 is 24.1 Å². The van der Waals surface area contributed by atoms with Crippen molar-refractivity contribution >= 4 is 22.8 Å². The van der Waals surface area contributed by atoms with E-state index in [1.165, 1.54) is 7.11 Å². The lowest BCUT2D eigenvalue weighted by atomic mass is 10.0. The third kappa shape index (κ3) is 4.35. The molecule has 162 valence electrons. The molecule has 2 aromatic carbocycles. The van der Waals surface area contributed by atoms with Gasteiger partial charge in [-0.15, -0.1) is 0 Å². The maximum atomic E-state index is 12.9. The molecule has 0 fully saturated rings. The van der Waals surface area contributed by atoms with E-state index < -0.39 is 5.97 Å². The van der Waals surface area contributed by atoms with E-state index in [0.717, 1.165) is 35.1 Å². The fourth-order valence-corrected chi connectivity index (χ4v) is 3.86. The Labute approximate surface area is 180 Å². The first-order valence-electron chi connectivity index (χ1n) is 10.5. The predicted molar refractivity (Wildman–Crippen MR) is 117 cm³/mol. The quantitative estimate of drug-likeness (QED) is 0.611. The van der Waals surface area contributed by atoms with Gasteiger partial charge >= 0.3 is 5.97 Å². The van der Waals surface area contributed by atoms with Crippen molar-refractivity contribution in [3.8, 4) is 11.5 Å². The molecule has 7 nitrogen and oxygen atoms in total. The van der Waals surface area contributed by atoms with Gasteiger partial charge in [0.05, 0.1) is 31.9 Å². The second-order valence-electron chi connectivity index (χ2n) is 7.46. The number of rotatable bonds is 6. The summed E-state index contributed by atoms with van der Waals surface area (Å²) in [5, 5.41) is 3.86. The lowest BCUT2D eigenvalue weighted by molar-refractivity contribution is -0.122. The number of fused-ring (bicyclic) bond motifs is 2. The second-order valence-corrected chi connectivity index (χ2v) is 7.46. The minimum atomic E-state index is -0.422. The van der Waals surface area contributed by atoms with Crippen LogP contribution in [0.3, 0.4) is 0 Å². The molecule has 2 heterocycles. The van der Waals surface area contributed by atoms with Crippen molar-refractivity contribution in [3.05, 3.63) is 59.8 Å². The highest BCUT2D eigenvalue weighted by molar-refractivity contribution is 6.04. The van der Waals surface area contributed by atoms with Gasteiger partial charge in [0.1, 0.15) is 6.54 Å². The van der Waals surface area contributed by atoms with Crippen LogP contribution in [-0.4, -0.2) is 36.8 Å². The second kappa shape index (κ2) is 9.12. The molecule has 0 saturated heterocycles. The zero-order chi connectivity index (χ0) is 21.8. The molecule has 1 aliphatic rings. The molecule has 3 aromatic rings. The predicted octanol–water partition coefficient (Wildman–Crippen LogP) is 3.86. The van der Waals surface area contributed by atoms with E-state index in [-0.39, 0.29) is 18.5 Å². The van der Waals surface area contributed by atoms with Crippen molar-refractivity contribution in [2.75, 3.05) is 20.3 Å². The Morgan fingerprint density at radius 2 is 1.90 bits per heavy atom. The van der Waals surface area contributed by atoms with Crippen molar-refractivity contribution in [3.63, 3.8) is 0 Å². The van der Waals surface area contributed by atoms with E-state index >= 15 is 0 Å². The Hall–Kier alpha value is -3.48. The zero-order valence-electron chi connectivity index (χ0n) is 17.7. The largest absolute Gasteiger partial charge is 0.490 e. The van der Waals surface area contributed by atoms with Crippen LogP contribution in [0.5, 0.6) is 11.5 Å². The zero-order valence-corrected chi connectivity index (χ0v) is 17.7. The molecular weight excluding hydrogens is 396 g/mol. The Kier molecular flexibility index (Phi) is 6.11. The maximum absolute atomic E-state index is 12.9. The number of aromatic nitrogens is 1. The number of hydrogen-bond acceptors (Lipinski definition) is 5. The minimum absolute atomic E-state index is 0.0958. The molecule has 0 bridgehead atoms. The van der Waals surface area contributed by atoms with Crippen LogP contribution in [-0.2, 0) is 16.1 Å². The summed E-state index contributed by atoms with van der Waals surface area (Å²) in [7, 11) is 1.35. The number of carbonyl (C=O) groups excluding carboxylic acids is 2. The van der Waals surface area contributed by atoms with Crippen LogP contribution in [0, 0.1) is 0 Å². The molecular formula is C24H26N2O5. The van der Waals surface area contributed by atoms with E-state index in [9.17, 15) is 9.59 Å². The summed E-state index contributed by atoms with van der Waals surface area (Å²) >= 11 is 0. The van der Waals surface area contributed by atoms with Gasteiger partial charge in [-0.25, -0.2) is 4.79 Å². The summed E-state index contributed by atoms with van der Waals surface area (Å²) in [6.45, 7) is 3.37. The first-order valence-corrected chi connectivity index (χ1v) is 10.5. The molecule has 1 amide bonds. The Bertz CT molecular complexity index is 1100. The van der Waals surface area contributed by atoms with Gasteiger partial charge in [0.25, 0.3) is 0 Å². The lowest BCUT2D eigenvalue weighted by Gasteiger charge is -2.19. The van der Waals surface area contributed by atoms with E-state index in [0.29, 0.717) is 24.5 Å². The summed E-state index contributed by atoms with van der Waals surface area (Å²) in [5.41, 5.74) is 2.22. The third-order valence-corrected chi connectivity index (χ3v) is 5.43. The monoisotopic (exact) mass is 422 g/mol. The average Bonchev–Trinajstić information content (AvgIpc) is 2.98. The van der Waals surface area contributed by atoms with Crippen LogP contribution in [0.25, 0.3) is 10.9 Å². The van der Waals surface area contributed by atoms with Gasteiger partial charge in [0, 0.05) is 23.5 Å². The minimum Gasteiger partial charge on any atom is -0.490 e. The Morgan fingerprint density at radius 3 is 2.68 bits per heavy atom. The number of hydrogen-bond donors (Lipinski definition) is 1. The topological polar surface area (TPSA) is 78.8 Å². The van der Waals surface area contributed by atoms with Crippen molar-refractivity contribution in [2.45, 2.75) is 32.4 Å². The highest BCUT2D eigenvalue weighted by Crippen LogP contribution is 2.33. The van der Waals surface area contributed by atoms with E-state index in [2.05, 4.69) is 5.32 Å². The first-order chi connectivity index (χ1) is 15.1. The number of methoxy groups -OCH3 is 1. The van der Waals surface area contributed by atoms with Crippen LogP contribution < -0.4 is 14.8 Å². The molecule has 1 aromatic heterocycles. The van der Waals surface area contributed by atoms with Crippen LogP contribution in [0.2, 0.25) is 0 Å². The number of benzene rings is 2. The lowest BCUT2D eigenvalue weighted by Crippen LogP contribution is -2.31. The van der Waals surface area contributed by atoms with Crippen LogP contribution in [0.15, 0.2) is 48.7 Å². The number of carbonyl (C=O) groups is 2. The fraction of sp³-hybridized carbons (Fsp3) is 0.333. The third-order valence-electron chi connectivity index (χ3n) is 5.43. The molecule has 31 heavy (non-hydrogen) atoms. The van der Waals surface area contributed by atoms with Crippen LogP contribution in [0.4, 0.5) is 0 Å². The Morgan fingerprint density at radius 1 is 1.13 bits per heavy atom. The van der Waals surface area contributed by atoms with Gasteiger partial charge in [0.15, 0.2) is 11.5 Å². The Balaban J connectivity index is 1.53. The number of para-hydroxylation sites is 1. The van der Waals surface area contributed by atoms with Gasteiger partial charge in [-0.2, -0.15) is 0 Å². The van der Waals surface area contributed by atoms with E-state index in [1.54, 1.807) is 10.8 Å². The smallest absolute Gasteiger partial charge is 0.340 e. The molecule has 0 aliphatic carbocycles. The number of ether oxygens (including phenoxy) is 3. The summed E-state index contributed by atoms with van der Waals surface area (Å²) in [5.74, 6) is 0.878. The average molecular weight is 422 g/mol. The van der Waals surface area contributed by atoms with Crippen molar-refractivity contribution in [1.82, 2.24) is 9.88 Å². The SMILES string of the molecule is CCC(NC(=O)Cn1cc(C(=O)OC)c2ccccc21)c1ccc2c(c1)OCCCO2. The normalized spacial score (nSPS) is 14.0. The van der Waals surface area contributed by atoms with E-state index in [4.69, 9.17) is 14.2 Å². The number of esters is 1. The molecule has 4 rings (SSSR count). The van der Waals surface area contributed by atoms with Crippen LogP contribution >= 0.6 is 0 Å². The van der Waals surface area contributed by atoms with Gasteiger partial charge in [-0.1, -0.05) is 31.2 Å². The molecule has 7 heteroatoms. The standard InChI is InChI=1S/C24H26N2O5/c1-3-19(16-9-10-21-22(13-16)31-12-6-11-30-21)25-23(27)15-26-14-18(24(28)29-2)17-7-4-5-8-20(17)26/h4-5,7-10,13-14,19H,3,6,11-12,15H2,1-2H3,(H,25,27). The number of nitrogens with zero attached hydrogens (tertiary/aromatic N) is 1. The number of nitrogens with one attached hydrogen (secondary N) is 1. The highest BCUT2D eigenvalue weighted by atomic mass is 16.5. The fourth-order valence-electron chi connectivity index (χ4n) is 3.86. The molecule has 0 radical (unpaired) electrons. The van der Waals surface area contributed by atoms with Crippen molar-refractivity contribution in [1.29, 1.82) is 0 Å². The molecule has 0 saturated carbocycles. The van der Waals surface area contributed by atoms with Crippen molar-refractivity contribution < 1.29 is 23.8 Å².